The molecule has 2 aromatic carbocycles. The Labute approximate surface area is 141 Å². The molecule has 0 saturated carbocycles. The van der Waals surface area contributed by atoms with Crippen molar-refractivity contribution in [2.75, 3.05) is 0 Å². The molecular formula is C19H14N2O2S. The van der Waals surface area contributed by atoms with Crippen molar-refractivity contribution in [2.45, 2.75) is 19.4 Å². The highest BCUT2D eigenvalue weighted by molar-refractivity contribution is 7.15. The second kappa shape index (κ2) is 4.92. The number of rotatable bonds is 1. The van der Waals surface area contributed by atoms with Crippen LogP contribution in [0.3, 0.4) is 0 Å². The number of aromatic nitrogens is 2. The smallest absolute Gasteiger partial charge is 0.274 e. The molecule has 0 radical (unpaired) electrons. The van der Waals surface area contributed by atoms with E-state index in [0.29, 0.717) is 4.53 Å². The second-order valence-electron chi connectivity index (χ2n) is 6.13. The second-order valence-corrected chi connectivity index (χ2v) is 7.14. The summed E-state index contributed by atoms with van der Waals surface area (Å²) >= 11 is 1.43. The van der Waals surface area contributed by atoms with Gasteiger partial charge in [0.25, 0.3) is 5.56 Å². The quantitative estimate of drug-likeness (QED) is 0.538. The molecule has 0 amide bonds. The highest BCUT2D eigenvalue weighted by atomic mass is 32.1. The van der Waals surface area contributed by atoms with E-state index >= 15 is 0 Å². The van der Waals surface area contributed by atoms with Crippen molar-refractivity contribution < 1.29 is 4.74 Å². The number of imidazole rings is 1. The highest BCUT2D eigenvalue weighted by Crippen LogP contribution is 2.29. The van der Waals surface area contributed by atoms with E-state index in [0.717, 1.165) is 33.7 Å². The lowest BCUT2D eigenvalue weighted by Gasteiger charge is -2.01. The SMILES string of the molecule is CC1Cc2cc(/C=c3\sc4nc5ccccc5n4c3=O)ccc2O1. The van der Waals surface area contributed by atoms with Gasteiger partial charge in [0.05, 0.1) is 15.6 Å². The van der Waals surface area contributed by atoms with Crippen molar-refractivity contribution in [1.82, 2.24) is 9.38 Å². The molecule has 2 aromatic heterocycles. The van der Waals surface area contributed by atoms with Crippen LogP contribution < -0.4 is 14.8 Å². The van der Waals surface area contributed by atoms with Gasteiger partial charge in [-0.25, -0.2) is 9.38 Å². The number of thiazole rings is 1. The van der Waals surface area contributed by atoms with Crippen LogP contribution >= 0.6 is 11.3 Å². The topological polar surface area (TPSA) is 43.6 Å². The Morgan fingerprint density at radius 3 is 3.08 bits per heavy atom. The minimum atomic E-state index is -0.00573. The molecule has 24 heavy (non-hydrogen) atoms. The molecule has 0 saturated heterocycles. The van der Waals surface area contributed by atoms with E-state index in [1.54, 1.807) is 4.40 Å². The maximum Gasteiger partial charge on any atom is 0.274 e. The van der Waals surface area contributed by atoms with Gasteiger partial charge in [0.15, 0.2) is 4.96 Å². The van der Waals surface area contributed by atoms with Crippen LogP contribution in [0.25, 0.3) is 22.1 Å². The van der Waals surface area contributed by atoms with Crippen molar-refractivity contribution in [3.8, 4) is 5.75 Å². The van der Waals surface area contributed by atoms with E-state index in [1.807, 2.05) is 42.5 Å². The standard InChI is InChI=1S/C19H14N2O2S/c1-11-8-13-9-12(6-7-16(13)23-11)10-17-18(22)21-15-5-3-2-4-14(15)20-19(21)24-17/h2-7,9-11H,8H2,1H3/b17-10-. The van der Waals surface area contributed by atoms with E-state index in [2.05, 4.69) is 18.0 Å². The van der Waals surface area contributed by atoms with Gasteiger partial charge in [-0.05, 0) is 48.4 Å². The Hall–Kier alpha value is -2.66. The fourth-order valence-corrected chi connectivity index (χ4v) is 4.28. The number of ether oxygens (including phenoxy) is 1. The first-order valence-corrected chi connectivity index (χ1v) is 8.72. The van der Waals surface area contributed by atoms with Crippen LogP contribution in [0.15, 0.2) is 47.3 Å². The van der Waals surface area contributed by atoms with Crippen LogP contribution in [-0.4, -0.2) is 15.5 Å². The molecule has 1 aliphatic rings. The van der Waals surface area contributed by atoms with Crippen molar-refractivity contribution >= 4 is 33.4 Å². The highest BCUT2D eigenvalue weighted by Gasteiger charge is 2.18. The predicted octanol–water partition coefficient (Wildman–Crippen LogP) is 2.78. The predicted molar refractivity (Wildman–Crippen MR) is 95.9 cm³/mol. The molecule has 4 nitrogen and oxygen atoms in total. The largest absolute Gasteiger partial charge is 0.490 e. The van der Waals surface area contributed by atoms with Crippen molar-refractivity contribution in [3.63, 3.8) is 0 Å². The fourth-order valence-electron chi connectivity index (χ4n) is 3.30. The summed E-state index contributed by atoms with van der Waals surface area (Å²) in [5, 5.41) is 0. The van der Waals surface area contributed by atoms with Gasteiger partial charge >= 0.3 is 0 Å². The summed E-state index contributed by atoms with van der Waals surface area (Å²) in [5.41, 5.74) is 3.95. The number of hydrogen-bond acceptors (Lipinski definition) is 4. The minimum Gasteiger partial charge on any atom is -0.490 e. The molecule has 1 unspecified atom stereocenters. The Kier molecular flexibility index (Phi) is 2.82. The molecule has 1 atom stereocenters. The van der Waals surface area contributed by atoms with Crippen LogP contribution in [0.5, 0.6) is 5.75 Å². The summed E-state index contributed by atoms with van der Waals surface area (Å²) in [6.07, 6.45) is 3.08. The van der Waals surface area contributed by atoms with Gasteiger partial charge in [-0.2, -0.15) is 0 Å². The first kappa shape index (κ1) is 13.7. The molecule has 0 bridgehead atoms. The Balaban J connectivity index is 1.69. The molecule has 0 N–H and O–H groups in total. The number of fused-ring (bicyclic) bond motifs is 4. The molecular weight excluding hydrogens is 320 g/mol. The third kappa shape index (κ3) is 1.98. The Morgan fingerprint density at radius 2 is 2.17 bits per heavy atom. The lowest BCUT2D eigenvalue weighted by atomic mass is 10.1. The summed E-state index contributed by atoms with van der Waals surface area (Å²) < 4.78 is 8.14. The third-order valence-electron chi connectivity index (χ3n) is 4.36. The maximum atomic E-state index is 12.8. The van der Waals surface area contributed by atoms with Gasteiger partial charge < -0.3 is 4.74 Å². The normalized spacial score (nSPS) is 17.5. The molecule has 1 aliphatic heterocycles. The molecule has 0 spiro atoms. The third-order valence-corrected chi connectivity index (χ3v) is 5.33. The zero-order valence-electron chi connectivity index (χ0n) is 13.0. The number of hydrogen-bond donors (Lipinski definition) is 0. The van der Waals surface area contributed by atoms with Crippen molar-refractivity contribution in [1.29, 1.82) is 0 Å². The minimum absolute atomic E-state index is 0.00573. The first-order valence-electron chi connectivity index (χ1n) is 7.90. The van der Waals surface area contributed by atoms with Crippen LogP contribution in [0.1, 0.15) is 18.1 Å². The lowest BCUT2D eigenvalue weighted by molar-refractivity contribution is 0.254. The summed E-state index contributed by atoms with van der Waals surface area (Å²) in [6.45, 7) is 2.07. The van der Waals surface area contributed by atoms with Crippen LogP contribution in [0.4, 0.5) is 0 Å². The maximum absolute atomic E-state index is 12.8. The average molecular weight is 334 g/mol. The summed E-state index contributed by atoms with van der Waals surface area (Å²) in [5.74, 6) is 0.953. The number of nitrogens with zero attached hydrogens (tertiary/aromatic N) is 2. The number of benzene rings is 2. The van der Waals surface area contributed by atoms with Gasteiger partial charge in [-0.3, -0.25) is 4.79 Å². The molecule has 4 aromatic rings. The van der Waals surface area contributed by atoms with Gasteiger partial charge in [0.1, 0.15) is 11.9 Å². The van der Waals surface area contributed by atoms with E-state index in [1.165, 1.54) is 16.9 Å². The van der Waals surface area contributed by atoms with E-state index in [9.17, 15) is 4.79 Å². The average Bonchev–Trinajstić information content (AvgIpc) is 3.20. The van der Waals surface area contributed by atoms with E-state index < -0.39 is 0 Å². The van der Waals surface area contributed by atoms with Crippen molar-refractivity contribution in [2.24, 2.45) is 0 Å². The van der Waals surface area contributed by atoms with Gasteiger partial charge in [0, 0.05) is 6.42 Å². The zero-order valence-corrected chi connectivity index (χ0v) is 13.8. The van der Waals surface area contributed by atoms with Crippen LogP contribution in [0.2, 0.25) is 0 Å². The lowest BCUT2D eigenvalue weighted by Crippen LogP contribution is -2.22. The van der Waals surface area contributed by atoms with E-state index in [-0.39, 0.29) is 11.7 Å². The summed E-state index contributed by atoms with van der Waals surface area (Å²) in [4.78, 5) is 18.1. The van der Waals surface area contributed by atoms with Crippen molar-refractivity contribution in [3.05, 3.63) is 68.5 Å². The molecule has 0 aliphatic carbocycles. The monoisotopic (exact) mass is 334 g/mol. The van der Waals surface area contributed by atoms with Gasteiger partial charge in [-0.1, -0.05) is 29.5 Å². The molecule has 5 rings (SSSR count). The Bertz CT molecular complexity index is 1210. The Morgan fingerprint density at radius 1 is 1.29 bits per heavy atom. The number of para-hydroxylation sites is 2. The molecule has 3 heterocycles. The zero-order chi connectivity index (χ0) is 16.3. The molecule has 118 valence electrons. The van der Waals surface area contributed by atoms with Crippen LogP contribution in [-0.2, 0) is 6.42 Å². The molecule has 0 fully saturated rings. The summed E-state index contributed by atoms with van der Waals surface area (Å²) in [7, 11) is 0. The van der Waals surface area contributed by atoms with Gasteiger partial charge in [0.2, 0.25) is 0 Å². The fraction of sp³-hybridized carbons (Fsp3) is 0.158. The van der Waals surface area contributed by atoms with Gasteiger partial charge in [-0.15, -0.1) is 0 Å². The van der Waals surface area contributed by atoms with Crippen LogP contribution in [0, 0.1) is 0 Å². The molecule has 5 heteroatoms. The van der Waals surface area contributed by atoms with E-state index in [4.69, 9.17) is 4.74 Å². The first-order chi connectivity index (χ1) is 11.7. The summed E-state index contributed by atoms with van der Waals surface area (Å²) in [6, 6.07) is 13.8.